The average Bonchev–Trinajstić information content (AvgIpc) is 3.29. The number of alkyl halides is 3. The Morgan fingerprint density at radius 1 is 0.969 bits per heavy atom. The molecule has 2 amide bonds. The van der Waals surface area contributed by atoms with Gasteiger partial charge in [-0.2, -0.15) is 18.3 Å². The van der Waals surface area contributed by atoms with Crippen molar-refractivity contribution < 1.29 is 36.7 Å². The summed E-state index contributed by atoms with van der Waals surface area (Å²) in [6.45, 7) is 0. The molecule has 11 heteroatoms. The third-order valence-corrected chi connectivity index (χ3v) is 3.87. The van der Waals surface area contributed by atoms with Gasteiger partial charge < -0.3 is 14.5 Å². The Balaban J connectivity index is 1.61. The number of hydrogen-bond acceptors (Lipinski definition) is 6. The summed E-state index contributed by atoms with van der Waals surface area (Å²) in [6, 6.07) is 13.0. The van der Waals surface area contributed by atoms with E-state index in [1.807, 2.05) is 5.43 Å². The van der Waals surface area contributed by atoms with Gasteiger partial charge in [-0.15, -0.1) is 0 Å². The number of esters is 1. The number of nitrogens with zero attached hydrogens (tertiary/aromatic N) is 1. The number of hydrogen-bond donors (Lipinski definition) is 2. The van der Waals surface area contributed by atoms with Gasteiger partial charge in [-0.3, -0.25) is 9.59 Å². The Kier molecular flexibility index (Phi) is 6.68. The van der Waals surface area contributed by atoms with Crippen LogP contribution < -0.4 is 15.5 Å². The lowest BCUT2D eigenvalue weighted by atomic mass is 10.2. The predicted octanol–water partition coefficient (Wildman–Crippen LogP) is 3.61. The fourth-order valence-corrected chi connectivity index (χ4v) is 2.40. The number of rotatable bonds is 5. The molecule has 0 fully saturated rings. The number of carbonyl (C=O) groups is 3. The van der Waals surface area contributed by atoms with Crippen LogP contribution in [0.4, 0.5) is 18.9 Å². The normalized spacial score (nSPS) is 11.2. The lowest BCUT2D eigenvalue weighted by Crippen LogP contribution is -2.32. The number of anilines is 1. The standard InChI is InChI=1S/C21H14F3N3O5/c22-21(23,24)14-6-3-7-15(11-14)26-18(28)19(29)27-25-12-13-5-1-2-8-16(13)32-20(30)17-9-4-10-31-17/h1-12H,(H,26,28)(H,27,29). The first-order chi connectivity index (χ1) is 15.2. The Labute approximate surface area is 178 Å². The molecule has 3 aromatic rings. The molecule has 0 saturated heterocycles. The SMILES string of the molecule is O=C(NN=Cc1ccccc1OC(=O)c1ccco1)C(=O)Nc1cccc(C(F)(F)F)c1. The summed E-state index contributed by atoms with van der Waals surface area (Å²) < 4.78 is 48.4. The molecule has 2 aromatic carbocycles. The van der Waals surface area contributed by atoms with Crippen molar-refractivity contribution in [2.24, 2.45) is 5.10 Å². The Morgan fingerprint density at radius 2 is 1.75 bits per heavy atom. The van der Waals surface area contributed by atoms with Gasteiger partial charge in [0, 0.05) is 11.3 Å². The Hall–Kier alpha value is -4.41. The fourth-order valence-electron chi connectivity index (χ4n) is 2.40. The van der Waals surface area contributed by atoms with Crippen molar-refractivity contribution in [2.75, 3.05) is 5.32 Å². The van der Waals surface area contributed by atoms with Crippen LogP contribution in [-0.4, -0.2) is 24.0 Å². The third-order valence-electron chi connectivity index (χ3n) is 3.87. The van der Waals surface area contributed by atoms with E-state index in [9.17, 15) is 27.6 Å². The van der Waals surface area contributed by atoms with Gasteiger partial charge in [0.25, 0.3) is 0 Å². The summed E-state index contributed by atoms with van der Waals surface area (Å²) in [5.41, 5.74) is 1.05. The Bertz CT molecular complexity index is 1160. The molecular weight excluding hydrogens is 431 g/mol. The maximum absolute atomic E-state index is 12.7. The third kappa shape index (κ3) is 5.81. The second kappa shape index (κ2) is 9.60. The second-order valence-electron chi connectivity index (χ2n) is 6.14. The lowest BCUT2D eigenvalue weighted by Gasteiger charge is -2.09. The number of amides is 2. The van der Waals surface area contributed by atoms with Gasteiger partial charge in [0.05, 0.1) is 18.0 Å². The molecule has 0 saturated carbocycles. The van der Waals surface area contributed by atoms with E-state index in [1.165, 1.54) is 36.6 Å². The molecule has 0 aliphatic rings. The highest BCUT2D eigenvalue weighted by molar-refractivity contribution is 6.39. The molecule has 1 heterocycles. The number of benzene rings is 2. The maximum atomic E-state index is 12.7. The number of hydrazone groups is 1. The summed E-state index contributed by atoms with van der Waals surface area (Å²) >= 11 is 0. The quantitative estimate of drug-likeness (QED) is 0.205. The van der Waals surface area contributed by atoms with Crippen LogP contribution in [0.25, 0.3) is 0 Å². The van der Waals surface area contributed by atoms with Crippen LogP contribution in [0.2, 0.25) is 0 Å². The molecule has 164 valence electrons. The van der Waals surface area contributed by atoms with E-state index in [0.29, 0.717) is 11.6 Å². The molecule has 0 aliphatic heterocycles. The van der Waals surface area contributed by atoms with Crippen molar-refractivity contribution in [3.63, 3.8) is 0 Å². The van der Waals surface area contributed by atoms with Gasteiger partial charge in [0.1, 0.15) is 5.75 Å². The molecule has 0 bridgehead atoms. The molecule has 0 unspecified atom stereocenters. The number of furan rings is 1. The summed E-state index contributed by atoms with van der Waals surface area (Å²) in [5, 5.41) is 5.66. The first-order valence-corrected chi connectivity index (χ1v) is 8.90. The largest absolute Gasteiger partial charge is 0.457 e. The summed E-state index contributed by atoms with van der Waals surface area (Å²) in [5.74, 6) is -3.10. The average molecular weight is 445 g/mol. The van der Waals surface area contributed by atoms with Crippen molar-refractivity contribution in [1.29, 1.82) is 0 Å². The van der Waals surface area contributed by atoms with E-state index in [0.717, 1.165) is 18.3 Å². The fraction of sp³-hybridized carbons (Fsp3) is 0.0476. The van der Waals surface area contributed by atoms with Crippen molar-refractivity contribution in [3.8, 4) is 5.75 Å². The molecule has 3 rings (SSSR count). The smallest absolute Gasteiger partial charge is 0.416 e. The minimum atomic E-state index is -4.60. The van der Waals surface area contributed by atoms with Crippen molar-refractivity contribution in [1.82, 2.24) is 5.43 Å². The second-order valence-corrected chi connectivity index (χ2v) is 6.14. The van der Waals surface area contributed by atoms with Gasteiger partial charge in [-0.1, -0.05) is 18.2 Å². The maximum Gasteiger partial charge on any atom is 0.416 e. The van der Waals surface area contributed by atoms with Gasteiger partial charge in [-0.05, 0) is 42.5 Å². The van der Waals surface area contributed by atoms with Crippen molar-refractivity contribution in [2.45, 2.75) is 6.18 Å². The van der Waals surface area contributed by atoms with Crippen LogP contribution in [-0.2, 0) is 15.8 Å². The number of halogens is 3. The van der Waals surface area contributed by atoms with E-state index in [4.69, 9.17) is 9.15 Å². The first-order valence-electron chi connectivity index (χ1n) is 8.90. The molecule has 0 spiro atoms. The molecular formula is C21H14F3N3O5. The number of carbonyl (C=O) groups excluding carboxylic acids is 3. The molecule has 0 radical (unpaired) electrons. The molecule has 2 N–H and O–H groups in total. The van der Waals surface area contributed by atoms with Crippen LogP contribution in [0.3, 0.4) is 0 Å². The van der Waals surface area contributed by atoms with Gasteiger partial charge in [0.2, 0.25) is 5.76 Å². The monoisotopic (exact) mass is 445 g/mol. The lowest BCUT2D eigenvalue weighted by molar-refractivity contribution is -0.137. The first kappa shape index (κ1) is 22.3. The van der Waals surface area contributed by atoms with Crippen molar-refractivity contribution in [3.05, 3.63) is 83.8 Å². The van der Waals surface area contributed by atoms with E-state index >= 15 is 0 Å². The Morgan fingerprint density at radius 3 is 2.47 bits per heavy atom. The van der Waals surface area contributed by atoms with Gasteiger partial charge in [-0.25, -0.2) is 10.2 Å². The zero-order valence-electron chi connectivity index (χ0n) is 16.1. The van der Waals surface area contributed by atoms with E-state index in [2.05, 4.69) is 10.4 Å². The van der Waals surface area contributed by atoms with Gasteiger partial charge >= 0.3 is 24.0 Å². The van der Waals surface area contributed by atoms with E-state index in [-0.39, 0.29) is 17.2 Å². The highest BCUT2D eigenvalue weighted by atomic mass is 19.4. The number of nitrogens with one attached hydrogen (secondary N) is 2. The summed E-state index contributed by atoms with van der Waals surface area (Å²) in [4.78, 5) is 35.8. The highest BCUT2D eigenvalue weighted by Crippen LogP contribution is 2.30. The van der Waals surface area contributed by atoms with Crippen LogP contribution in [0.15, 0.2) is 76.4 Å². The van der Waals surface area contributed by atoms with Crippen LogP contribution >= 0.6 is 0 Å². The van der Waals surface area contributed by atoms with Crippen LogP contribution in [0.5, 0.6) is 5.75 Å². The molecule has 1 aromatic heterocycles. The molecule has 0 atom stereocenters. The van der Waals surface area contributed by atoms with Crippen LogP contribution in [0, 0.1) is 0 Å². The summed E-state index contributed by atoms with van der Waals surface area (Å²) in [6.07, 6.45) is -2.16. The number of para-hydroxylation sites is 1. The van der Waals surface area contributed by atoms with Crippen molar-refractivity contribution >= 4 is 29.7 Å². The van der Waals surface area contributed by atoms with Crippen LogP contribution in [0.1, 0.15) is 21.7 Å². The zero-order valence-corrected chi connectivity index (χ0v) is 16.1. The molecule has 8 nitrogen and oxygen atoms in total. The summed E-state index contributed by atoms with van der Waals surface area (Å²) in [7, 11) is 0. The van der Waals surface area contributed by atoms with E-state index < -0.39 is 29.5 Å². The predicted molar refractivity (Wildman–Crippen MR) is 106 cm³/mol. The number of ether oxygens (including phenoxy) is 1. The van der Waals surface area contributed by atoms with Gasteiger partial charge in [0.15, 0.2) is 0 Å². The molecule has 0 aliphatic carbocycles. The van der Waals surface area contributed by atoms with E-state index in [1.54, 1.807) is 12.1 Å². The zero-order chi connectivity index (χ0) is 23.1. The topological polar surface area (TPSA) is 110 Å². The minimum Gasteiger partial charge on any atom is -0.457 e. The minimum absolute atomic E-state index is 0.0173. The molecule has 32 heavy (non-hydrogen) atoms. The highest BCUT2D eigenvalue weighted by Gasteiger charge is 2.30.